The molecule has 0 bridgehead atoms. The maximum atomic E-state index is 2.57. The van der Waals surface area contributed by atoms with Gasteiger partial charge in [-0.2, -0.15) is 0 Å². The first-order valence-electron chi connectivity index (χ1n) is 10.9. The average Bonchev–Trinajstić information content (AvgIpc) is 3.24. The Bertz CT molecular complexity index is 996. The molecule has 28 heavy (non-hydrogen) atoms. The highest BCUT2D eigenvalue weighted by atomic mass is 14.4. The van der Waals surface area contributed by atoms with Crippen LogP contribution in [0.25, 0.3) is 11.1 Å². The summed E-state index contributed by atoms with van der Waals surface area (Å²) in [6.07, 6.45) is 16.5. The predicted octanol–water partition coefficient (Wildman–Crippen LogP) is 5.81. The molecule has 0 fully saturated rings. The molecule has 0 saturated carbocycles. The molecular formula is C28H34. The van der Waals surface area contributed by atoms with Crippen LogP contribution in [0.5, 0.6) is 0 Å². The minimum atomic E-state index is 0.0782. The van der Waals surface area contributed by atoms with E-state index in [9.17, 15) is 0 Å². The molecule has 0 saturated heterocycles. The fourth-order valence-corrected chi connectivity index (χ4v) is 5.86. The minimum Gasteiger partial charge on any atom is -0.0765 e. The van der Waals surface area contributed by atoms with E-state index in [-0.39, 0.29) is 5.41 Å². The fraction of sp³-hybridized carbons (Fsp3) is 0.429. The highest BCUT2D eigenvalue weighted by molar-refractivity contribution is 5.82. The van der Waals surface area contributed by atoms with Crippen LogP contribution in [0.3, 0.4) is 0 Å². The molecule has 0 amide bonds. The van der Waals surface area contributed by atoms with Crippen molar-refractivity contribution < 1.29 is 0 Å². The molecule has 1 aromatic rings. The van der Waals surface area contributed by atoms with Crippen LogP contribution >= 0.6 is 0 Å². The van der Waals surface area contributed by atoms with Crippen molar-refractivity contribution in [3.8, 4) is 0 Å². The van der Waals surface area contributed by atoms with E-state index in [4.69, 9.17) is 0 Å². The van der Waals surface area contributed by atoms with Gasteiger partial charge in [0.25, 0.3) is 0 Å². The van der Waals surface area contributed by atoms with Gasteiger partial charge in [-0.05, 0) is 50.3 Å². The van der Waals surface area contributed by atoms with E-state index in [1.54, 1.807) is 11.1 Å². The lowest BCUT2D eigenvalue weighted by Gasteiger charge is -2.36. The summed E-state index contributed by atoms with van der Waals surface area (Å²) in [6.45, 7) is 14.3. The van der Waals surface area contributed by atoms with Gasteiger partial charge in [-0.3, -0.25) is 0 Å². The maximum Gasteiger partial charge on any atom is 0.0252 e. The number of hydrogen-bond acceptors (Lipinski definition) is 0. The molecule has 2 unspecified atom stereocenters. The van der Waals surface area contributed by atoms with Gasteiger partial charge in [-0.1, -0.05) is 108 Å². The number of allylic oxidation sites excluding steroid dienone is 8. The zero-order chi connectivity index (χ0) is 20.1. The van der Waals surface area contributed by atoms with Crippen molar-refractivity contribution in [2.75, 3.05) is 0 Å². The molecule has 1 aromatic carbocycles. The van der Waals surface area contributed by atoms with Gasteiger partial charge in [-0.25, -0.2) is 0 Å². The van der Waals surface area contributed by atoms with Crippen molar-refractivity contribution >= 4 is 11.1 Å². The summed E-state index contributed by atoms with van der Waals surface area (Å²) in [5, 5.41) is 2.87. The first-order chi connectivity index (χ1) is 13.3. The van der Waals surface area contributed by atoms with Gasteiger partial charge in [0.1, 0.15) is 0 Å². The van der Waals surface area contributed by atoms with Crippen LogP contribution in [0.15, 0.2) is 72.4 Å². The molecule has 0 radical (unpaired) electrons. The maximum absolute atomic E-state index is 2.57. The monoisotopic (exact) mass is 370 g/mol. The van der Waals surface area contributed by atoms with Crippen molar-refractivity contribution in [3.63, 3.8) is 0 Å². The van der Waals surface area contributed by atoms with E-state index in [0.717, 1.165) is 0 Å². The third-order valence-electron chi connectivity index (χ3n) is 7.08. The molecule has 2 atom stereocenters. The highest BCUT2D eigenvalue weighted by Crippen LogP contribution is 2.48. The Morgan fingerprint density at radius 3 is 2.18 bits per heavy atom. The van der Waals surface area contributed by atoms with Crippen molar-refractivity contribution in [3.05, 3.63) is 82.8 Å². The lowest BCUT2D eigenvalue weighted by atomic mass is 9.68. The molecule has 0 nitrogen and oxygen atoms in total. The zero-order valence-electron chi connectivity index (χ0n) is 18.2. The topological polar surface area (TPSA) is 0 Å². The minimum absolute atomic E-state index is 0.0782. The molecule has 146 valence electrons. The SMILES string of the molecule is CC(C)C(C1=CC(C(C)(C)C2=c3ccccc3=C3C=CC=CC32)C=C1)C(C)C. The third kappa shape index (κ3) is 2.98. The third-order valence-corrected chi connectivity index (χ3v) is 7.08. The summed E-state index contributed by atoms with van der Waals surface area (Å²) in [6, 6.07) is 8.99. The Morgan fingerprint density at radius 1 is 0.821 bits per heavy atom. The second-order valence-corrected chi connectivity index (χ2v) is 9.92. The fourth-order valence-electron chi connectivity index (χ4n) is 5.86. The summed E-state index contributed by atoms with van der Waals surface area (Å²) >= 11 is 0. The summed E-state index contributed by atoms with van der Waals surface area (Å²) in [4.78, 5) is 0. The summed E-state index contributed by atoms with van der Waals surface area (Å²) in [5.41, 5.74) is 4.67. The standard InChI is InChI=1S/C28H34/c1-18(2)26(19(3)4)20-15-16-21(17-20)28(5,6)27-24-13-9-7-11-22(24)23-12-8-10-14-25(23)27/h7-19,21,24,26H,1-6H3. The Balaban J connectivity index is 1.80. The molecule has 3 aliphatic carbocycles. The molecule has 0 N–H and O–H groups in total. The first kappa shape index (κ1) is 19.2. The van der Waals surface area contributed by atoms with Crippen LogP contribution in [0.1, 0.15) is 41.5 Å². The Labute approximate surface area is 170 Å². The number of fused-ring (bicyclic) bond motifs is 2. The molecule has 0 heteroatoms. The lowest BCUT2D eigenvalue weighted by Crippen LogP contribution is -2.32. The van der Waals surface area contributed by atoms with E-state index in [1.807, 2.05) is 0 Å². The number of benzene rings is 1. The first-order valence-corrected chi connectivity index (χ1v) is 10.9. The smallest absolute Gasteiger partial charge is 0.0252 e. The van der Waals surface area contributed by atoms with Crippen LogP contribution in [0.4, 0.5) is 0 Å². The van der Waals surface area contributed by atoms with Crippen LogP contribution in [0, 0.1) is 35.0 Å². The van der Waals surface area contributed by atoms with Gasteiger partial charge in [-0.15, -0.1) is 0 Å². The largest absolute Gasteiger partial charge is 0.0765 e. The van der Waals surface area contributed by atoms with Crippen LogP contribution in [-0.4, -0.2) is 0 Å². The Hall–Kier alpha value is -2.08. The summed E-state index contributed by atoms with van der Waals surface area (Å²) < 4.78 is 0. The highest BCUT2D eigenvalue weighted by Gasteiger charge is 2.39. The molecule has 0 spiro atoms. The van der Waals surface area contributed by atoms with E-state index < -0.39 is 0 Å². The number of hydrogen-bond donors (Lipinski definition) is 0. The van der Waals surface area contributed by atoms with Crippen LogP contribution in [-0.2, 0) is 0 Å². The summed E-state index contributed by atoms with van der Waals surface area (Å²) in [5.74, 6) is 2.84. The van der Waals surface area contributed by atoms with Crippen molar-refractivity contribution in [1.82, 2.24) is 0 Å². The van der Waals surface area contributed by atoms with Gasteiger partial charge >= 0.3 is 0 Å². The van der Waals surface area contributed by atoms with Crippen molar-refractivity contribution in [2.24, 2.45) is 35.0 Å². The number of rotatable bonds is 5. The molecule has 0 aliphatic heterocycles. The second-order valence-electron chi connectivity index (χ2n) is 9.92. The van der Waals surface area contributed by atoms with Crippen LogP contribution < -0.4 is 10.4 Å². The lowest BCUT2D eigenvalue weighted by molar-refractivity contribution is 0.340. The van der Waals surface area contributed by atoms with Crippen LogP contribution in [0.2, 0.25) is 0 Å². The second kappa shape index (κ2) is 7.07. The molecular weight excluding hydrogens is 336 g/mol. The molecule has 4 rings (SSSR count). The van der Waals surface area contributed by atoms with Gasteiger partial charge in [0.05, 0.1) is 0 Å². The van der Waals surface area contributed by atoms with E-state index >= 15 is 0 Å². The summed E-state index contributed by atoms with van der Waals surface area (Å²) in [7, 11) is 0. The van der Waals surface area contributed by atoms with Crippen molar-refractivity contribution in [2.45, 2.75) is 41.5 Å². The Morgan fingerprint density at radius 2 is 1.50 bits per heavy atom. The van der Waals surface area contributed by atoms with Gasteiger partial charge in [0, 0.05) is 11.8 Å². The van der Waals surface area contributed by atoms with Crippen molar-refractivity contribution in [1.29, 1.82) is 0 Å². The van der Waals surface area contributed by atoms with E-state index in [2.05, 4.69) is 108 Å². The van der Waals surface area contributed by atoms with Gasteiger partial charge in [0.15, 0.2) is 0 Å². The van der Waals surface area contributed by atoms with Gasteiger partial charge in [0.2, 0.25) is 0 Å². The average molecular weight is 371 g/mol. The van der Waals surface area contributed by atoms with Gasteiger partial charge < -0.3 is 0 Å². The quantitative estimate of drug-likeness (QED) is 0.613. The molecule has 3 aliphatic rings. The van der Waals surface area contributed by atoms with E-state index in [1.165, 1.54) is 16.0 Å². The predicted molar refractivity (Wildman–Crippen MR) is 122 cm³/mol. The normalized spacial score (nSPS) is 23.2. The Kier molecular flexibility index (Phi) is 4.86. The molecule has 0 heterocycles. The van der Waals surface area contributed by atoms with E-state index in [0.29, 0.717) is 29.6 Å². The zero-order valence-corrected chi connectivity index (χ0v) is 18.2. The molecule has 0 aromatic heterocycles.